The number of halogens is 1. The van der Waals surface area contributed by atoms with Gasteiger partial charge in [-0.2, -0.15) is 14.4 Å². The number of amides is 1. The molecule has 4 aromatic rings. The normalized spacial score (nSPS) is 18.8. The number of imidazole rings is 1. The Labute approximate surface area is 361 Å². The molecule has 2 aromatic heterocycles. The molecule has 12 heteroatoms. The van der Waals surface area contributed by atoms with Gasteiger partial charge in [-0.05, 0) is 40.0 Å². The third-order valence-electron chi connectivity index (χ3n) is 12.7. The zero-order valence-corrected chi connectivity index (χ0v) is 39.8. The molecule has 0 aliphatic carbocycles. The minimum atomic E-state index is -3.04. The van der Waals surface area contributed by atoms with E-state index >= 15 is 4.39 Å². The third kappa shape index (κ3) is 11.0. The van der Waals surface area contributed by atoms with Gasteiger partial charge in [0.25, 0.3) is 8.32 Å². The molecule has 60 heavy (non-hydrogen) atoms. The number of ether oxygens (including phenoxy) is 1. The Morgan fingerprint density at radius 2 is 1.43 bits per heavy atom. The summed E-state index contributed by atoms with van der Waals surface area (Å²) >= 11 is 0. The summed E-state index contributed by atoms with van der Waals surface area (Å²) in [6.45, 7) is 20.0. The van der Waals surface area contributed by atoms with E-state index in [9.17, 15) is 4.79 Å². The first-order valence-electron chi connectivity index (χ1n) is 22.3. The molecule has 1 aliphatic rings. The first-order valence-corrected chi connectivity index (χ1v) is 27.1. The molecule has 0 spiro atoms. The second-order valence-electron chi connectivity index (χ2n) is 19.2. The van der Waals surface area contributed by atoms with Gasteiger partial charge in [-0.3, -0.25) is 9.36 Å². The van der Waals surface area contributed by atoms with Gasteiger partial charge in [0.2, 0.25) is 5.91 Å². The average molecular weight is 856 g/mol. The van der Waals surface area contributed by atoms with Crippen molar-refractivity contribution in [3.63, 3.8) is 0 Å². The Morgan fingerprint density at radius 1 is 0.883 bits per heavy atom. The summed E-state index contributed by atoms with van der Waals surface area (Å²) in [5.74, 6) is 2.85. The van der Waals surface area contributed by atoms with E-state index in [1.54, 1.807) is 10.9 Å². The van der Waals surface area contributed by atoms with Gasteiger partial charge >= 0.3 is 6.08 Å². The van der Waals surface area contributed by atoms with Crippen LogP contribution >= 0.6 is 0 Å². The maximum Gasteiger partial charge on any atom is 0.312 e. The molecule has 1 saturated heterocycles. The number of nitrogens with one attached hydrogen (secondary N) is 1. The lowest BCUT2D eigenvalue weighted by Gasteiger charge is -2.46. The largest absolute Gasteiger partial charge is 0.410 e. The Hall–Kier alpha value is -3.74. The smallest absolute Gasteiger partial charge is 0.312 e. The molecular weight excluding hydrogens is 786 g/mol. The van der Waals surface area contributed by atoms with Crippen LogP contribution < -0.4 is 15.7 Å². The number of anilines is 1. The lowest BCUT2D eigenvalue weighted by Crippen LogP contribution is -2.68. The quantitative estimate of drug-likeness (QED) is 0.0385. The number of rotatable bonds is 21. The standard InChI is InChI=1S/C48H70FN5O4Si2/c1-11-13-14-15-16-17-18-19-20-21-28-33-40(55)51-43-42-44(53-45(49)52-43)54(36-50-42)41-34-39(58-59(9,10)46(3,4)5)48(12-2,57-41)35-56-60(47(6,7)8,37-29-24-22-25-30-37)38-31-26-23-27-32-38/h2,22-27,29-32,36,39,41H,11,13-21,28,33-35H2,1,3-10H3,(H,51,52,53,55)/t39-,41+,48+/m0/s1. The summed E-state index contributed by atoms with van der Waals surface area (Å²) in [5, 5.41) is 4.64. The van der Waals surface area contributed by atoms with E-state index in [0.717, 1.165) is 29.6 Å². The number of aromatic nitrogens is 4. The average Bonchev–Trinajstić information content (AvgIpc) is 3.78. The monoisotopic (exact) mass is 855 g/mol. The number of benzene rings is 2. The minimum absolute atomic E-state index is 0.0367. The van der Waals surface area contributed by atoms with Crippen LogP contribution in [0.2, 0.25) is 23.2 Å². The Balaban J connectivity index is 1.39. The second-order valence-corrected chi connectivity index (χ2v) is 28.2. The van der Waals surface area contributed by atoms with Crippen molar-refractivity contribution in [1.82, 2.24) is 19.5 Å². The van der Waals surface area contributed by atoms with E-state index in [2.05, 4.69) is 136 Å². The van der Waals surface area contributed by atoms with Gasteiger partial charge in [-0.1, -0.05) is 179 Å². The van der Waals surface area contributed by atoms with Crippen molar-refractivity contribution in [3.8, 4) is 12.3 Å². The van der Waals surface area contributed by atoms with Crippen molar-refractivity contribution < 1.29 is 22.8 Å². The predicted molar refractivity (Wildman–Crippen MR) is 247 cm³/mol. The fourth-order valence-electron chi connectivity index (χ4n) is 8.19. The number of hydrogen-bond acceptors (Lipinski definition) is 7. The minimum Gasteiger partial charge on any atom is -0.410 e. The SMILES string of the molecule is C#C[C@]1(CO[Si](c2ccccc2)(c2ccccc2)C(C)(C)C)O[C@@H](n2cnc3c(NC(=O)CCCCCCCCCCCCC)nc(F)nc32)C[C@@H]1O[Si](C)(C)C(C)(C)C. The van der Waals surface area contributed by atoms with Crippen LogP contribution in [0.5, 0.6) is 0 Å². The van der Waals surface area contributed by atoms with Crippen molar-refractivity contribution in [2.75, 3.05) is 11.9 Å². The van der Waals surface area contributed by atoms with Crippen LogP contribution in [0.25, 0.3) is 11.2 Å². The third-order valence-corrected chi connectivity index (χ3v) is 22.1. The van der Waals surface area contributed by atoms with E-state index in [-0.39, 0.29) is 39.6 Å². The van der Waals surface area contributed by atoms with Crippen LogP contribution in [-0.2, 0) is 18.4 Å². The Morgan fingerprint density at radius 3 is 1.95 bits per heavy atom. The van der Waals surface area contributed by atoms with Gasteiger partial charge in [0, 0.05) is 12.8 Å². The lowest BCUT2D eigenvalue weighted by molar-refractivity contribution is -0.116. The highest BCUT2D eigenvalue weighted by Gasteiger charge is 2.57. The summed E-state index contributed by atoms with van der Waals surface area (Å²) in [4.78, 5) is 25.8. The van der Waals surface area contributed by atoms with Crippen LogP contribution in [0.3, 0.4) is 0 Å². The van der Waals surface area contributed by atoms with Crippen LogP contribution in [0, 0.1) is 18.4 Å². The van der Waals surface area contributed by atoms with Gasteiger partial charge in [-0.15, -0.1) is 6.42 Å². The Kier molecular flexibility index (Phi) is 16.1. The maximum absolute atomic E-state index is 15.2. The molecule has 0 unspecified atom stereocenters. The van der Waals surface area contributed by atoms with Crippen molar-refractivity contribution in [3.05, 3.63) is 73.1 Å². The van der Waals surface area contributed by atoms with Crippen molar-refractivity contribution in [1.29, 1.82) is 0 Å². The Bertz CT molecular complexity index is 1990. The topological polar surface area (TPSA) is 100 Å². The first kappa shape index (κ1) is 47.3. The zero-order chi connectivity index (χ0) is 43.6. The number of nitrogens with zero attached hydrogens (tertiary/aromatic N) is 4. The molecule has 2 aromatic carbocycles. The molecule has 1 aliphatic heterocycles. The van der Waals surface area contributed by atoms with E-state index in [1.165, 1.54) is 51.4 Å². The fourth-order valence-corrected chi connectivity index (χ4v) is 14.1. The van der Waals surface area contributed by atoms with Crippen molar-refractivity contribution in [2.45, 2.75) is 173 Å². The zero-order valence-electron chi connectivity index (χ0n) is 37.8. The summed E-state index contributed by atoms with van der Waals surface area (Å²) < 4.78 is 38.5. The molecule has 3 atom stereocenters. The number of hydrogen-bond donors (Lipinski definition) is 1. The fraction of sp³-hybridized carbons (Fsp3) is 0.583. The molecule has 0 saturated carbocycles. The summed E-state index contributed by atoms with van der Waals surface area (Å²) in [7, 11) is -5.47. The van der Waals surface area contributed by atoms with E-state index < -0.39 is 40.6 Å². The molecular formula is C48H70FN5O4Si2. The number of carbonyl (C=O) groups excluding carboxylic acids is 1. The second kappa shape index (κ2) is 20.4. The molecule has 3 heterocycles. The molecule has 0 bridgehead atoms. The highest BCUT2D eigenvalue weighted by Crippen LogP contribution is 2.47. The van der Waals surface area contributed by atoms with Gasteiger partial charge < -0.3 is 18.9 Å². The van der Waals surface area contributed by atoms with E-state index in [4.69, 9.17) is 20.0 Å². The molecule has 1 amide bonds. The van der Waals surface area contributed by atoms with Crippen LogP contribution in [-0.4, -0.2) is 60.4 Å². The number of unbranched alkanes of at least 4 members (excludes halogenated alkanes) is 10. The first-order chi connectivity index (χ1) is 28.5. The van der Waals surface area contributed by atoms with Crippen LogP contribution in [0.1, 0.15) is 138 Å². The van der Waals surface area contributed by atoms with Gasteiger partial charge in [0.15, 0.2) is 30.9 Å². The van der Waals surface area contributed by atoms with Crippen molar-refractivity contribution in [2.24, 2.45) is 0 Å². The molecule has 326 valence electrons. The van der Waals surface area contributed by atoms with Gasteiger partial charge in [0.1, 0.15) is 6.23 Å². The number of terminal acetylenes is 1. The highest BCUT2D eigenvalue weighted by molar-refractivity contribution is 6.99. The highest BCUT2D eigenvalue weighted by atomic mass is 28.4. The van der Waals surface area contributed by atoms with Gasteiger partial charge in [0.05, 0.1) is 19.0 Å². The lowest BCUT2D eigenvalue weighted by atomic mass is 9.99. The molecule has 5 rings (SSSR count). The summed E-state index contributed by atoms with van der Waals surface area (Å²) in [6, 6.07) is 20.8. The number of fused-ring (bicyclic) bond motifs is 1. The van der Waals surface area contributed by atoms with Crippen LogP contribution in [0.15, 0.2) is 67.0 Å². The van der Waals surface area contributed by atoms with Crippen molar-refractivity contribution >= 4 is 49.9 Å². The molecule has 9 nitrogen and oxygen atoms in total. The summed E-state index contributed by atoms with van der Waals surface area (Å²) in [5.41, 5.74) is -0.846. The maximum atomic E-state index is 15.2. The van der Waals surface area contributed by atoms with E-state index in [1.807, 2.05) is 12.1 Å². The molecule has 1 fully saturated rings. The van der Waals surface area contributed by atoms with E-state index in [0.29, 0.717) is 12.8 Å². The van der Waals surface area contributed by atoms with Crippen LogP contribution in [0.4, 0.5) is 10.2 Å². The molecule has 1 N–H and O–H groups in total. The predicted octanol–water partition coefficient (Wildman–Crippen LogP) is 10.9. The van der Waals surface area contributed by atoms with Gasteiger partial charge in [-0.25, -0.2) is 4.98 Å². The number of carbonyl (C=O) groups is 1. The summed E-state index contributed by atoms with van der Waals surface area (Å²) in [6.07, 6.45) is 19.6. The molecule has 0 radical (unpaired) electrons.